The van der Waals surface area contributed by atoms with Crippen molar-refractivity contribution in [3.63, 3.8) is 0 Å². The lowest BCUT2D eigenvalue weighted by Gasteiger charge is -2.41. The maximum absolute atomic E-state index is 6.14. The van der Waals surface area contributed by atoms with E-state index in [1.807, 2.05) is 0 Å². The molecule has 0 bridgehead atoms. The van der Waals surface area contributed by atoms with E-state index >= 15 is 0 Å². The number of hydrogen-bond acceptors (Lipinski definition) is 3. The van der Waals surface area contributed by atoms with E-state index in [2.05, 4.69) is 11.9 Å². The monoisotopic (exact) mass is 268 g/mol. The van der Waals surface area contributed by atoms with Gasteiger partial charge in [0.15, 0.2) is 0 Å². The van der Waals surface area contributed by atoms with E-state index in [-0.39, 0.29) is 5.54 Å². The molecule has 2 fully saturated rings. The van der Waals surface area contributed by atoms with Crippen molar-refractivity contribution in [3.8, 4) is 0 Å². The van der Waals surface area contributed by atoms with Crippen LogP contribution in [0.3, 0.4) is 0 Å². The maximum atomic E-state index is 6.14. The van der Waals surface area contributed by atoms with Crippen molar-refractivity contribution in [1.29, 1.82) is 0 Å². The summed E-state index contributed by atoms with van der Waals surface area (Å²) in [6.07, 6.45) is 13.6. The highest BCUT2D eigenvalue weighted by Gasteiger charge is 2.33. The van der Waals surface area contributed by atoms with Crippen molar-refractivity contribution in [2.75, 3.05) is 26.7 Å². The predicted octanol–water partition coefficient (Wildman–Crippen LogP) is 2.93. The fraction of sp³-hybridized carbons (Fsp3) is 1.00. The predicted molar refractivity (Wildman–Crippen MR) is 80.3 cm³/mol. The topological polar surface area (TPSA) is 38.5 Å². The van der Waals surface area contributed by atoms with E-state index in [9.17, 15) is 0 Å². The SMILES string of the molecule is CN(CCCC1CCCO1)C1(CN)CCCCCC1. The van der Waals surface area contributed by atoms with Crippen LogP contribution in [0.5, 0.6) is 0 Å². The summed E-state index contributed by atoms with van der Waals surface area (Å²) in [5, 5.41) is 0. The molecule has 2 N–H and O–H groups in total. The number of likely N-dealkylation sites (N-methyl/N-ethyl adjacent to an activating group) is 1. The molecule has 1 heterocycles. The molecule has 3 heteroatoms. The molecule has 0 aromatic heterocycles. The van der Waals surface area contributed by atoms with Crippen LogP contribution in [0.25, 0.3) is 0 Å². The number of ether oxygens (including phenoxy) is 1. The molecular formula is C16H32N2O. The Kier molecular flexibility index (Phi) is 6.11. The van der Waals surface area contributed by atoms with Crippen LogP contribution in [0.2, 0.25) is 0 Å². The van der Waals surface area contributed by atoms with Gasteiger partial charge in [-0.2, -0.15) is 0 Å². The second-order valence-corrected chi connectivity index (χ2v) is 6.54. The third kappa shape index (κ3) is 4.17. The van der Waals surface area contributed by atoms with Crippen LogP contribution in [0.15, 0.2) is 0 Å². The van der Waals surface area contributed by atoms with Gasteiger partial charge in [0.2, 0.25) is 0 Å². The first-order valence-corrected chi connectivity index (χ1v) is 8.30. The van der Waals surface area contributed by atoms with E-state index in [0.29, 0.717) is 6.10 Å². The third-order valence-electron chi connectivity index (χ3n) is 5.27. The Morgan fingerprint density at radius 2 is 1.89 bits per heavy atom. The number of hydrogen-bond donors (Lipinski definition) is 1. The lowest BCUT2D eigenvalue weighted by Crippen LogP contribution is -2.52. The zero-order chi connectivity index (χ0) is 13.6. The molecular weight excluding hydrogens is 236 g/mol. The Morgan fingerprint density at radius 1 is 1.16 bits per heavy atom. The van der Waals surface area contributed by atoms with Gasteiger partial charge in [-0.25, -0.2) is 0 Å². The molecule has 0 aromatic carbocycles. The van der Waals surface area contributed by atoms with E-state index in [0.717, 1.165) is 13.2 Å². The summed E-state index contributed by atoms with van der Waals surface area (Å²) in [6, 6.07) is 0. The van der Waals surface area contributed by atoms with Crippen LogP contribution in [0.4, 0.5) is 0 Å². The Morgan fingerprint density at radius 3 is 2.47 bits per heavy atom. The second-order valence-electron chi connectivity index (χ2n) is 6.54. The average molecular weight is 268 g/mol. The number of rotatable bonds is 6. The van der Waals surface area contributed by atoms with Crippen LogP contribution in [0.1, 0.15) is 64.2 Å². The molecule has 1 unspecified atom stereocenters. The van der Waals surface area contributed by atoms with Crippen LogP contribution in [-0.2, 0) is 4.74 Å². The summed E-state index contributed by atoms with van der Waals surface area (Å²) < 4.78 is 5.71. The first-order valence-electron chi connectivity index (χ1n) is 8.30. The Labute approximate surface area is 118 Å². The highest BCUT2D eigenvalue weighted by atomic mass is 16.5. The molecule has 0 amide bonds. The second kappa shape index (κ2) is 7.61. The van der Waals surface area contributed by atoms with Crippen LogP contribution >= 0.6 is 0 Å². The van der Waals surface area contributed by atoms with E-state index in [4.69, 9.17) is 10.5 Å². The molecule has 1 aliphatic carbocycles. The maximum Gasteiger partial charge on any atom is 0.0576 e. The molecule has 19 heavy (non-hydrogen) atoms. The fourth-order valence-corrected chi connectivity index (χ4v) is 3.79. The standard InChI is InChI=1S/C16H32N2O/c1-18(12-6-8-15-9-7-13-19-15)16(14-17)10-4-2-3-5-11-16/h15H,2-14,17H2,1H3. The van der Waals surface area contributed by atoms with Gasteiger partial charge in [-0.1, -0.05) is 25.7 Å². The largest absolute Gasteiger partial charge is 0.378 e. The minimum absolute atomic E-state index is 0.285. The number of nitrogens with two attached hydrogens (primary N) is 1. The fourth-order valence-electron chi connectivity index (χ4n) is 3.79. The summed E-state index contributed by atoms with van der Waals surface area (Å²) in [5.41, 5.74) is 6.42. The summed E-state index contributed by atoms with van der Waals surface area (Å²) >= 11 is 0. The Bertz CT molecular complexity index is 243. The summed E-state index contributed by atoms with van der Waals surface area (Å²) in [5.74, 6) is 0. The van der Waals surface area contributed by atoms with Gasteiger partial charge in [0.05, 0.1) is 6.10 Å². The minimum Gasteiger partial charge on any atom is -0.378 e. The molecule has 2 aliphatic rings. The van der Waals surface area contributed by atoms with Crippen molar-refractivity contribution in [3.05, 3.63) is 0 Å². The zero-order valence-electron chi connectivity index (χ0n) is 12.7. The molecule has 0 aromatic rings. The minimum atomic E-state index is 0.285. The molecule has 3 nitrogen and oxygen atoms in total. The first kappa shape index (κ1) is 15.3. The molecule has 1 aliphatic heterocycles. The number of nitrogens with zero attached hydrogens (tertiary/aromatic N) is 1. The smallest absolute Gasteiger partial charge is 0.0576 e. The van der Waals surface area contributed by atoms with Crippen molar-refractivity contribution in [2.24, 2.45) is 5.73 Å². The van der Waals surface area contributed by atoms with Gasteiger partial charge in [0.1, 0.15) is 0 Å². The van der Waals surface area contributed by atoms with Gasteiger partial charge in [-0.15, -0.1) is 0 Å². The van der Waals surface area contributed by atoms with Gasteiger partial charge in [0, 0.05) is 18.7 Å². The van der Waals surface area contributed by atoms with Crippen molar-refractivity contribution >= 4 is 0 Å². The molecule has 1 saturated carbocycles. The lowest BCUT2D eigenvalue weighted by molar-refractivity contribution is 0.0804. The molecule has 1 atom stereocenters. The van der Waals surface area contributed by atoms with Crippen LogP contribution < -0.4 is 5.73 Å². The Balaban J connectivity index is 1.76. The zero-order valence-corrected chi connectivity index (χ0v) is 12.7. The molecule has 2 rings (SSSR count). The van der Waals surface area contributed by atoms with E-state index < -0.39 is 0 Å². The van der Waals surface area contributed by atoms with E-state index in [1.54, 1.807) is 0 Å². The first-order chi connectivity index (χ1) is 9.27. The summed E-state index contributed by atoms with van der Waals surface area (Å²) in [4.78, 5) is 2.56. The quantitative estimate of drug-likeness (QED) is 0.753. The van der Waals surface area contributed by atoms with Crippen molar-refractivity contribution < 1.29 is 4.74 Å². The summed E-state index contributed by atoms with van der Waals surface area (Å²) in [7, 11) is 2.29. The van der Waals surface area contributed by atoms with Gasteiger partial charge >= 0.3 is 0 Å². The normalized spacial score (nSPS) is 27.6. The highest BCUT2D eigenvalue weighted by molar-refractivity contribution is 4.91. The lowest BCUT2D eigenvalue weighted by atomic mass is 9.88. The third-order valence-corrected chi connectivity index (χ3v) is 5.27. The van der Waals surface area contributed by atoms with Gasteiger partial charge in [-0.05, 0) is 52.1 Å². The molecule has 1 saturated heterocycles. The highest BCUT2D eigenvalue weighted by Crippen LogP contribution is 2.31. The average Bonchev–Trinajstić information content (AvgIpc) is 2.82. The van der Waals surface area contributed by atoms with Gasteiger partial charge in [0.25, 0.3) is 0 Å². The molecule has 0 radical (unpaired) electrons. The van der Waals surface area contributed by atoms with Crippen LogP contribution in [0, 0.1) is 0 Å². The van der Waals surface area contributed by atoms with Crippen molar-refractivity contribution in [2.45, 2.75) is 75.9 Å². The van der Waals surface area contributed by atoms with E-state index in [1.165, 1.54) is 70.8 Å². The Hall–Kier alpha value is -0.120. The van der Waals surface area contributed by atoms with Gasteiger partial charge in [-0.3, -0.25) is 4.90 Å². The van der Waals surface area contributed by atoms with Crippen LogP contribution in [-0.4, -0.2) is 43.3 Å². The summed E-state index contributed by atoms with van der Waals surface area (Å²) in [6.45, 7) is 2.98. The van der Waals surface area contributed by atoms with Gasteiger partial charge < -0.3 is 10.5 Å². The van der Waals surface area contributed by atoms with Crippen molar-refractivity contribution in [1.82, 2.24) is 4.90 Å². The molecule has 112 valence electrons. The molecule has 0 spiro atoms.